The Labute approximate surface area is 131 Å². The van der Waals surface area contributed by atoms with E-state index in [2.05, 4.69) is 39.1 Å². The summed E-state index contributed by atoms with van der Waals surface area (Å²) in [7, 11) is 0. The Morgan fingerprint density at radius 1 is 1.15 bits per heavy atom. The van der Waals surface area contributed by atoms with E-state index in [9.17, 15) is 0 Å². The minimum absolute atomic E-state index is 0.235. The van der Waals surface area contributed by atoms with Crippen LogP contribution in [0, 0.1) is 11.8 Å². The topological polar surface area (TPSA) is 21.3 Å². The zero-order valence-electron chi connectivity index (χ0n) is 12.5. The van der Waals surface area contributed by atoms with Crippen LogP contribution in [0.2, 0.25) is 10.0 Å². The Hall–Kier alpha value is -0.280. The molecule has 5 atom stereocenters. The molecule has 1 aliphatic rings. The van der Waals surface area contributed by atoms with E-state index in [1.807, 2.05) is 12.1 Å². The maximum Gasteiger partial charge on any atom is 0.0600 e. The van der Waals surface area contributed by atoms with Gasteiger partial charge < -0.3 is 10.1 Å². The normalized spacial score (nSPS) is 31.5. The number of benzene rings is 1. The molecule has 1 aromatic rings. The van der Waals surface area contributed by atoms with E-state index < -0.39 is 0 Å². The summed E-state index contributed by atoms with van der Waals surface area (Å²) in [6.07, 6.45) is 0.525. The summed E-state index contributed by atoms with van der Waals surface area (Å²) in [6, 6.07) is 6.14. The molecule has 1 saturated heterocycles. The molecule has 2 nitrogen and oxygen atoms in total. The Kier molecular flexibility index (Phi) is 5.36. The van der Waals surface area contributed by atoms with Crippen molar-refractivity contribution in [3.63, 3.8) is 0 Å². The highest BCUT2D eigenvalue weighted by Gasteiger charge is 2.41. The first kappa shape index (κ1) is 16.1. The lowest BCUT2D eigenvalue weighted by atomic mass is 9.80. The van der Waals surface area contributed by atoms with Gasteiger partial charge in [0.15, 0.2) is 0 Å². The third kappa shape index (κ3) is 3.14. The maximum atomic E-state index is 6.18. The second-order valence-corrected chi connectivity index (χ2v) is 6.51. The number of ether oxygens (including phenoxy) is 1. The average Bonchev–Trinajstić information content (AvgIpc) is 2.65. The molecule has 2 rings (SSSR count). The van der Waals surface area contributed by atoms with E-state index in [1.54, 1.807) is 0 Å². The predicted molar refractivity (Wildman–Crippen MR) is 85.5 cm³/mol. The van der Waals surface area contributed by atoms with Crippen LogP contribution in [0.4, 0.5) is 0 Å². The van der Waals surface area contributed by atoms with E-state index in [-0.39, 0.29) is 12.1 Å². The van der Waals surface area contributed by atoms with E-state index in [0.717, 1.165) is 6.54 Å². The minimum Gasteiger partial charge on any atom is -0.375 e. The fourth-order valence-electron chi connectivity index (χ4n) is 3.27. The van der Waals surface area contributed by atoms with Crippen molar-refractivity contribution < 1.29 is 4.74 Å². The predicted octanol–water partition coefficient (Wildman–Crippen LogP) is 4.70. The highest BCUT2D eigenvalue weighted by Crippen LogP contribution is 2.41. The molecule has 0 radical (unpaired) electrons. The van der Waals surface area contributed by atoms with Crippen LogP contribution < -0.4 is 5.32 Å². The summed E-state index contributed by atoms with van der Waals surface area (Å²) in [4.78, 5) is 0. The van der Waals surface area contributed by atoms with E-state index in [0.29, 0.717) is 28.0 Å². The lowest BCUT2D eigenvalue weighted by molar-refractivity contribution is 0.0476. The second-order valence-electron chi connectivity index (χ2n) is 5.69. The lowest BCUT2D eigenvalue weighted by Crippen LogP contribution is -2.35. The smallest absolute Gasteiger partial charge is 0.0600 e. The van der Waals surface area contributed by atoms with Crippen LogP contribution in [0.25, 0.3) is 0 Å². The number of rotatable bonds is 4. The van der Waals surface area contributed by atoms with Gasteiger partial charge in [0.25, 0.3) is 0 Å². The summed E-state index contributed by atoms with van der Waals surface area (Å²) < 4.78 is 5.99. The quantitative estimate of drug-likeness (QED) is 0.869. The number of hydrogen-bond donors (Lipinski definition) is 1. The third-order valence-electron chi connectivity index (χ3n) is 4.43. The van der Waals surface area contributed by atoms with Gasteiger partial charge in [-0.05, 0) is 44.0 Å². The molecular weight excluding hydrogens is 293 g/mol. The van der Waals surface area contributed by atoms with Gasteiger partial charge in [-0.1, -0.05) is 43.1 Å². The summed E-state index contributed by atoms with van der Waals surface area (Å²) >= 11 is 12.2. The molecule has 5 unspecified atom stereocenters. The molecule has 0 bridgehead atoms. The molecule has 1 heterocycles. The molecule has 4 heteroatoms. The molecule has 0 aromatic heterocycles. The summed E-state index contributed by atoms with van der Waals surface area (Å²) in [6.45, 7) is 9.61. The van der Waals surface area contributed by atoms with Crippen LogP contribution in [-0.2, 0) is 4.74 Å². The molecule has 0 aliphatic carbocycles. The lowest BCUT2D eigenvalue weighted by Gasteiger charge is -2.30. The van der Waals surface area contributed by atoms with Gasteiger partial charge in [0, 0.05) is 12.0 Å². The van der Waals surface area contributed by atoms with Crippen molar-refractivity contribution in [2.75, 3.05) is 6.54 Å². The molecule has 20 heavy (non-hydrogen) atoms. The van der Waals surface area contributed by atoms with E-state index in [1.165, 1.54) is 5.56 Å². The van der Waals surface area contributed by atoms with Gasteiger partial charge in [0.2, 0.25) is 0 Å². The van der Waals surface area contributed by atoms with Crippen molar-refractivity contribution in [3.05, 3.63) is 33.8 Å². The van der Waals surface area contributed by atoms with Crippen LogP contribution in [0.5, 0.6) is 0 Å². The van der Waals surface area contributed by atoms with Gasteiger partial charge in [0.1, 0.15) is 0 Å². The van der Waals surface area contributed by atoms with Crippen molar-refractivity contribution in [2.45, 2.75) is 45.9 Å². The zero-order valence-corrected chi connectivity index (χ0v) is 14.0. The minimum atomic E-state index is 0.235. The van der Waals surface area contributed by atoms with Gasteiger partial charge in [-0.3, -0.25) is 0 Å². The van der Waals surface area contributed by atoms with Gasteiger partial charge in [0.05, 0.1) is 22.3 Å². The molecule has 1 aromatic carbocycles. The van der Waals surface area contributed by atoms with Gasteiger partial charge >= 0.3 is 0 Å². The van der Waals surface area contributed by atoms with Gasteiger partial charge in [-0.15, -0.1) is 0 Å². The van der Waals surface area contributed by atoms with Gasteiger partial charge in [-0.25, -0.2) is 0 Å². The Morgan fingerprint density at radius 2 is 1.85 bits per heavy atom. The van der Waals surface area contributed by atoms with Crippen molar-refractivity contribution in [2.24, 2.45) is 11.8 Å². The Morgan fingerprint density at radius 3 is 2.35 bits per heavy atom. The Bertz CT molecular complexity index is 466. The molecule has 0 amide bonds. The fourth-order valence-corrected chi connectivity index (χ4v) is 3.58. The molecule has 1 fully saturated rings. The first-order valence-corrected chi connectivity index (χ1v) is 8.05. The molecule has 0 saturated carbocycles. The number of halogens is 2. The van der Waals surface area contributed by atoms with Crippen LogP contribution in [-0.4, -0.2) is 18.8 Å². The number of nitrogens with one attached hydrogen (secondary N) is 1. The van der Waals surface area contributed by atoms with Gasteiger partial charge in [-0.2, -0.15) is 0 Å². The fraction of sp³-hybridized carbons (Fsp3) is 0.625. The SMILES string of the molecule is CCNC(c1ccc(Cl)c(Cl)c1)C1C(C)OC(C)C1C. The second kappa shape index (κ2) is 6.65. The molecule has 0 spiro atoms. The van der Waals surface area contributed by atoms with Crippen molar-refractivity contribution in [3.8, 4) is 0 Å². The average molecular weight is 316 g/mol. The molecule has 1 N–H and O–H groups in total. The molecule has 1 aliphatic heterocycles. The zero-order chi connectivity index (χ0) is 14.9. The van der Waals surface area contributed by atoms with Crippen LogP contribution in [0.3, 0.4) is 0 Å². The Balaban J connectivity index is 2.33. The third-order valence-corrected chi connectivity index (χ3v) is 5.17. The standard InChI is InChI=1S/C16H23Cl2NO/c1-5-19-16(12-6-7-13(17)14(18)8-12)15-9(2)10(3)20-11(15)4/h6-11,15-16,19H,5H2,1-4H3. The van der Waals surface area contributed by atoms with Crippen molar-refractivity contribution in [1.82, 2.24) is 5.32 Å². The first-order valence-electron chi connectivity index (χ1n) is 7.29. The molecule has 112 valence electrons. The highest BCUT2D eigenvalue weighted by molar-refractivity contribution is 6.42. The summed E-state index contributed by atoms with van der Waals surface area (Å²) in [5.41, 5.74) is 1.18. The summed E-state index contributed by atoms with van der Waals surface area (Å²) in [5.74, 6) is 0.936. The van der Waals surface area contributed by atoms with E-state index >= 15 is 0 Å². The monoisotopic (exact) mass is 315 g/mol. The van der Waals surface area contributed by atoms with Crippen molar-refractivity contribution >= 4 is 23.2 Å². The maximum absolute atomic E-state index is 6.18. The van der Waals surface area contributed by atoms with Crippen LogP contribution in [0.1, 0.15) is 39.3 Å². The first-order chi connectivity index (χ1) is 9.45. The van der Waals surface area contributed by atoms with Crippen LogP contribution >= 0.6 is 23.2 Å². The largest absolute Gasteiger partial charge is 0.375 e. The van der Waals surface area contributed by atoms with E-state index in [4.69, 9.17) is 27.9 Å². The number of hydrogen-bond acceptors (Lipinski definition) is 2. The highest BCUT2D eigenvalue weighted by atomic mass is 35.5. The van der Waals surface area contributed by atoms with Crippen molar-refractivity contribution in [1.29, 1.82) is 0 Å². The summed E-state index contributed by atoms with van der Waals surface area (Å²) in [5, 5.41) is 4.80. The van der Waals surface area contributed by atoms with Crippen LogP contribution in [0.15, 0.2) is 18.2 Å². The molecular formula is C16H23Cl2NO.